The van der Waals surface area contributed by atoms with Crippen LogP contribution >= 0.6 is 0 Å². The standard InChI is InChI=1S/C19H12F3N/c1-11-6-9-16-15(10-11)14-8-7-12-4-2-3-5-13(12)17(14)18(23-16)19(20,21)22/h2-10H,1H3. The van der Waals surface area contributed by atoms with E-state index >= 15 is 0 Å². The minimum Gasteiger partial charge on any atom is -0.243 e. The largest absolute Gasteiger partial charge is 0.434 e. The zero-order valence-corrected chi connectivity index (χ0v) is 12.3. The quantitative estimate of drug-likeness (QED) is 0.370. The molecule has 0 saturated carbocycles. The summed E-state index contributed by atoms with van der Waals surface area (Å²) in [5.74, 6) is 0. The van der Waals surface area contributed by atoms with Crippen molar-refractivity contribution < 1.29 is 13.2 Å². The van der Waals surface area contributed by atoms with Gasteiger partial charge < -0.3 is 0 Å². The van der Waals surface area contributed by atoms with Gasteiger partial charge in [0.2, 0.25) is 0 Å². The van der Waals surface area contributed by atoms with Gasteiger partial charge in [-0.05, 0) is 35.2 Å². The number of aromatic nitrogens is 1. The van der Waals surface area contributed by atoms with E-state index in [4.69, 9.17) is 0 Å². The molecule has 0 saturated heterocycles. The third kappa shape index (κ3) is 2.13. The predicted molar refractivity (Wildman–Crippen MR) is 86.5 cm³/mol. The fourth-order valence-electron chi connectivity index (χ4n) is 3.10. The van der Waals surface area contributed by atoms with Crippen molar-refractivity contribution in [2.45, 2.75) is 13.1 Å². The molecule has 0 bridgehead atoms. The number of halogens is 3. The van der Waals surface area contributed by atoms with Gasteiger partial charge in [-0.3, -0.25) is 0 Å². The number of hydrogen-bond donors (Lipinski definition) is 0. The van der Waals surface area contributed by atoms with Crippen LogP contribution in [0, 0.1) is 6.92 Å². The lowest BCUT2D eigenvalue weighted by Crippen LogP contribution is -2.09. The van der Waals surface area contributed by atoms with Crippen LogP contribution in [0.4, 0.5) is 13.2 Å². The number of aryl methyl sites for hydroxylation is 1. The van der Waals surface area contributed by atoms with Gasteiger partial charge in [-0.15, -0.1) is 0 Å². The van der Waals surface area contributed by atoms with E-state index in [-0.39, 0.29) is 5.39 Å². The molecular weight excluding hydrogens is 299 g/mol. The number of alkyl halides is 3. The summed E-state index contributed by atoms with van der Waals surface area (Å²) in [6.07, 6.45) is -4.50. The SMILES string of the molecule is Cc1ccc2nc(C(F)(F)F)c3c4ccccc4ccc3c2c1. The number of benzene rings is 3. The number of pyridine rings is 1. The Kier molecular flexibility index (Phi) is 2.85. The zero-order valence-electron chi connectivity index (χ0n) is 12.3. The first-order chi connectivity index (χ1) is 10.9. The highest BCUT2D eigenvalue weighted by molar-refractivity contribution is 6.17. The van der Waals surface area contributed by atoms with Gasteiger partial charge in [0.25, 0.3) is 0 Å². The van der Waals surface area contributed by atoms with Crippen LogP contribution in [0.5, 0.6) is 0 Å². The van der Waals surface area contributed by atoms with Gasteiger partial charge in [0, 0.05) is 10.8 Å². The highest BCUT2D eigenvalue weighted by Crippen LogP contribution is 2.39. The third-order valence-corrected chi connectivity index (χ3v) is 4.11. The van der Waals surface area contributed by atoms with Gasteiger partial charge in [0.1, 0.15) is 0 Å². The Bertz CT molecular complexity index is 1060. The number of fused-ring (bicyclic) bond motifs is 5. The summed E-state index contributed by atoms with van der Waals surface area (Å²) in [7, 11) is 0. The number of hydrogen-bond acceptors (Lipinski definition) is 1. The first-order valence-electron chi connectivity index (χ1n) is 7.24. The first-order valence-corrected chi connectivity index (χ1v) is 7.24. The summed E-state index contributed by atoms with van der Waals surface area (Å²) < 4.78 is 40.8. The molecule has 0 N–H and O–H groups in total. The maximum absolute atomic E-state index is 13.6. The summed E-state index contributed by atoms with van der Waals surface area (Å²) in [6.45, 7) is 1.92. The second-order valence-corrected chi connectivity index (χ2v) is 5.69. The van der Waals surface area contributed by atoms with Gasteiger partial charge in [-0.2, -0.15) is 13.2 Å². The first kappa shape index (κ1) is 14.0. The summed E-state index contributed by atoms with van der Waals surface area (Å²) in [4.78, 5) is 3.94. The monoisotopic (exact) mass is 311 g/mol. The van der Waals surface area contributed by atoms with Crippen molar-refractivity contribution in [3.63, 3.8) is 0 Å². The maximum Gasteiger partial charge on any atom is 0.434 e. The van der Waals surface area contributed by atoms with E-state index in [1.165, 1.54) is 0 Å². The van der Waals surface area contributed by atoms with Crippen LogP contribution in [-0.2, 0) is 6.18 Å². The third-order valence-electron chi connectivity index (χ3n) is 4.11. The molecule has 0 fully saturated rings. The molecule has 0 amide bonds. The van der Waals surface area contributed by atoms with Crippen molar-refractivity contribution in [2.24, 2.45) is 0 Å². The molecule has 3 aromatic carbocycles. The van der Waals surface area contributed by atoms with Crippen molar-refractivity contribution >= 4 is 32.4 Å². The molecule has 23 heavy (non-hydrogen) atoms. The van der Waals surface area contributed by atoms with Crippen LogP contribution in [-0.4, -0.2) is 4.98 Å². The van der Waals surface area contributed by atoms with Gasteiger partial charge in [0.05, 0.1) is 5.52 Å². The molecule has 0 radical (unpaired) electrons. The van der Waals surface area contributed by atoms with E-state index in [2.05, 4.69) is 4.98 Å². The van der Waals surface area contributed by atoms with Crippen LogP contribution in [0.1, 0.15) is 11.3 Å². The average molecular weight is 311 g/mol. The smallest absolute Gasteiger partial charge is 0.243 e. The molecule has 1 aromatic heterocycles. The van der Waals surface area contributed by atoms with Crippen molar-refractivity contribution in [3.8, 4) is 0 Å². The topological polar surface area (TPSA) is 12.9 Å². The molecular formula is C19H12F3N. The molecule has 0 aliphatic carbocycles. The minimum atomic E-state index is -4.50. The lowest BCUT2D eigenvalue weighted by Gasteiger charge is -2.14. The minimum absolute atomic E-state index is 0.175. The second-order valence-electron chi connectivity index (χ2n) is 5.69. The zero-order chi connectivity index (χ0) is 16.2. The summed E-state index contributed by atoms with van der Waals surface area (Å²) >= 11 is 0. The Morgan fingerprint density at radius 1 is 0.826 bits per heavy atom. The normalized spacial score (nSPS) is 12.3. The van der Waals surface area contributed by atoms with Crippen molar-refractivity contribution in [3.05, 3.63) is 65.9 Å². The molecule has 0 aliphatic rings. The molecule has 4 heteroatoms. The molecule has 114 valence electrons. The van der Waals surface area contributed by atoms with Crippen LogP contribution in [0.3, 0.4) is 0 Å². The Morgan fingerprint density at radius 2 is 1.61 bits per heavy atom. The van der Waals surface area contributed by atoms with E-state index in [0.717, 1.165) is 16.3 Å². The fourth-order valence-corrected chi connectivity index (χ4v) is 3.10. The molecule has 1 heterocycles. The van der Waals surface area contributed by atoms with Crippen LogP contribution in [0.15, 0.2) is 54.6 Å². The summed E-state index contributed by atoms with van der Waals surface area (Å²) in [6, 6.07) is 16.0. The average Bonchev–Trinajstić information content (AvgIpc) is 2.52. The number of nitrogens with zero attached hydrogens (tertiary/aromatic N) is 1. The second kappa shape index (κ2) is 4.69. The van der Waals surface area contributed by atoms with E-state index in [1.54, 1.807) is 30.3 Å². The molecule has 0 atom stereocenters. The predicted octanol–water partition coefficient (Wildman–Crippen LogP) is 5.87. The molecule has 0 aliphatic heterocycles. The lowest BCUT2D eigenvalue weighted by molar-refractivity contribution is -0.139. The van der Waals surface area contributed by atoms with E-state index in [0.29, 0.717) is 16.3 Å². The molecule has 0 unspecified atom stereocenters. The number of rotatable bonds is 0. The Morgan fingerprint density at radius 3 is 2.39 bits per heavy atom. The van der Waals surface area contributed by atoms with Crippen LogP contribution in [0.25, 0.3) is 32.4 Å². The maximum atomic E-state index is 13.6. The molecule has 4 aromatic rings. The lowest BCUT2D eigenvalue weighted by atomic mass is 9.97. The fraction of sp³-hybridized carbons (Fsp3) is 0.105. The van der Waals surface area contributed by atoms with Gasteiger partial charge >= 0.3 is 6.18 Å². The summed E-state index contributed by atoms with van der Waals surface area (Å²) in [5.41, 5.74) is 0.542. The van der Waals surface area contributed by atoms with Crippen molar-refractivity contribution in [1.82, 2.24) is 4.98 Å². The van der Waals surface area contributed by atoms with Crippen molar-refractivity contribution in [1.29, 1.82) is 0 Å². The van der Waals surface area contributed by atoms with Gasteiger partial charge in [-0.25, -0.2) is 4.98 Å². The Hall–Kier alpha value is -2.62. The van der Waals surface area contributed by atoms with E-state index in [9.17, 15) is 13.2 Å². The van der Waals surface area contributed by atoms with E-state index in [1.807, 2.05) is 31.2 Å². The van der Waals surface area contributed by atoms with Gasteiger partial charge in [-0.1, -0.05) is 48.0 Å². The van der Waals surface area contributed by atoms with Crippen molar-refractivity contribution in [2.75, 3.05) is 0 Å². The van der Waals surface area contributed by atoms with E-state index < -0.39 is 11.9 Å². The highest BCUT2D eigenvalue weighted by atomic mass is 19.4. The molecule has 0 spiro atoms. The molecule has 4 rings (SSSR count). The van der Waals surface area contributed by atoms with Crippen LogP contribution in [0.2, 0.25) is 0 Å². The van der Waals surface area contributed by atoms with Gasteiger partial charge in [0.15, 0.2) is 5.69 Å². The highest BCUT2D eigenvalue weighted by Gasteiger charge is 2.35. The summed E-state index contributed by atoms with van der Waals surface area (Å²) in [5, 5.41) is 2.87. The Labute approximate surface area is 130 Å². The molecule has 1 nitrogen and oxygen atoms in total. The van der Waals surface area contributed by atoms with Crippen LogP contribution < -0.4 is 0 Å². The Balaban J connectivity index is 2.33.